The first kappa shape index (κ1) is 21.1. The lowest BCUT2D eigenvalue weighted by Crippen LogP contribution is -2.54. The molecule has 2 aromatic carbocycles. The van der Waals surface area contributed by atoms with Gasteiger partial charge in [-0.15, -0.1) is 0 Å². The van der Waals surface area contributed by atoms with Crippen LogP contribution in [0.15, 0.2) is 47.4 Å². The second-order valence-electron chi connectivity index (χ2n) is 7.46. The Balaban J connectivity index is 1.75. The molecule has 1 aliphatic heterocycles. The third kappa shape index (κ3) is 4.19. The van der Waals surface area contributed by atoms with E-state index in [1.807, 2.05) is 0 Å². The monoisotopic (exact) mass is 449 g/mol. The van der Waals surface area contributed by atoms with Gasteiger partial charge in [0.2, 0.25) is 0 Å². The Morgan fingerprint density at radius 1 is 1.19 bits per heavy atom. The molecule has 1 heterocycles. The lowest BCUT2D eigenvalue weighted by atomic mass is 10.0. The topological polar surface area (TPSA) is 139 Å². The highest BCUT2D eigenvalue weighted by Crippen LogP contribution is 2.40. The molecule has 0 saturated heterocycles. The maximum Gasteiger partial charge on any atom is 0.409 e. The molecule has 31 heavy (non-hydrogen) atoms. The van der Waals surface area contributed by atoms with Crippen molar-refractivity contribution in [2.24, 2.45) is 11.7 Å². The van der Waals surface area contributed by atoms with Crippen LogP contribution in [-0.4, -0.2) is 44.1 Å². The number of hydrogen-bond donors (Lipinski definition) is 3. The van der Waals surface area contributed by atoms with E-state index in [0.29, 0.717) is 0 Å². The van der Waals surface area contributed by atoms with Crippen LogP contribution in [0.4, 0.5) is 20.6 Å². The lowest BCUT2D eigenvalue weighted by Gasteiger charge is -2.37. The van der Waals surface area contributed by atoms with Crippen molar-refractivity contribution in [3.63, 3.8) is 0 Å². The van der Waals surface area contributed by atoms with Gasteiger partial charge in [-0.25, -0.2) is 17.6 Å². The summed E-state index contributed by atoms with van der Waals surface area (Å²) in [5.74, 6) is -0.776. The highest BCUT2D eigenvalue weighted by molar-refractivity contribution is 7.92. The SMILES string of the molecule is NC(C(=O)C1CC1)C1CN(S(=O)(=O)c2ccc(F)cc2)c2cc(NC(=O)O)ccc2O1. The standard InChI is InChI=1S/C20H20FN3O6S/c21-12-3-6-14(7-4-12)31(28,29)24-10-17(18(22)19(25)11-1-2-11)30-16-8-5-13(9-15(16)24)23-20(26)27/h3-9,11,17-18,23H,1-2,10,22H2,(H,26,27). The number of Topliss-reactive ketones (excluding diaryl/α,β-unsaturated/α-hetero) is 1. The van der Waals surface area contributed by atoms with Crippen molar-refractivity contribution in [1.82, 2.24) is 0 Å². The van der Waals surface area contributed by atoms with Gasteiger partial charge >= 0.3 is 6.09 Å². The summed E-state index contributed by atoms with van der Waals surface area (Å²) in [6.45, 7) is -0.261. The van der Waals surface area contributed by atoms with Crippen LogP contribution in [0.5, 0.6) is 5.75 Å². The molecule has 4 N–H and O–H groups in total. The Morgan fingerprint density at radius 3 is 2.48 bits per heavy atom. The predicted octanol–water partition coefficient (Wildman–Crippen LogP) is 2.18. The number of carbonyl (C=O) groups is 2. The van der Waals surface area contributed by atoms with Crippen LogP contribution in [-0.2, 0) is 14.8 Å². The number of nitrogens with two attached hydrogens (primary N) is 1. The fourth-order valence-electron chi connectivity index (χ4n) is 3.45. The summed E-state index contributed by atoms with van der Waals surface area (Å²) in [5.41, 5.74) is 6.33. The van der Waals surface area contributed by atoms with Crippen molar-refractivity contribution < 1.29 is 32.2 Å². The van der Waals surface area contributed by atoms with Crippen molar-refractivity contribution >= 4 is 33.3 Å². The molecule has 2 aromatic rings. The molecule has 0 radical (unpaired) electrons. The largest absolute Gasteiger partial charge is 0.484 e. The van der Waals surface area contributed by atoms with Gasteiger partial charge in [-0.1, -0.05) is 0 Å². The van der Waals surface area contributed by atoms with Gasteiger partial charge in [0.25, 0.3) is 10.0 Å². The Bertz CT molecular complexity index is 1130. The number of hydrogen-bond acceptors (Lipinski definition) is 6. The van der Waals surface area contributed by atoms with Gasteiger partial charge in [-0.2, -0.15) is 0 Å². The number of carbonyl (C=O) groups excluding carboxylic acids is 1. The Labute approximate surface area is 177 Å². The van der Waals surface area contributed by atoms with E-state index < -0.39 is 34.1 Å². The number of nitrogens with one attached hydrogen (secondary N) is 1. The molecular formula is C20H20FN3O6S. The van der Waals surface area contributed by atoms with E-state index in [9.17, 15) is 22.4 Å². The molecule has 164 valence electrons. The number of anilines is 2. The van der Waals surface area contributed by atoms with Crippen molar-refractivity contribution in [3.8, 4) is 5.75 Å². The van der Waals surface area contributed by atoms with E-state index >= 15 is 0 Å². The predicted molar refractivity (Wildman–Crippen MR) is 109 cm³/mol. The number of sulfonamides is 1. The van der Waals surface area contributed by atoms with Gasteiger partial charge in [0.05, 0.1) is 17.1 Å². The fraction of sp³-hybridized carbons (Fsp3) is 0.300. The average Bonchev–Trinajstić information content (AvgIpc) is 3.57. The van der Waals surface area contributed by atoms with Crippen LogP contribution >= 0.6 is 0 Å². The van der Waals surface area contributed by atoms with E-state index in [2.05, 4.69) is 5.32 Å². The van der Waals surface area contributed by atoms with Crippen LogP contribution in [0.3, 0.4) is 0 Å². The molecule has 1 aliphatic carbocycles. The first-order chi connectivity index (χ1) is 14.7. The van der Waals surface area contributed by atoms with Gasteiger partial charge < -0.3 is 15.6 Å². The molecule has 9 nitrogen and oxygen atoms in total. The zero-order valence-corrected chi connectivity index (χ0v) is 17.0. The number of ketones is 1. The fourth-order valence-corrected chi connectivity index (χ4v) is 4.93. The summed E-state index contributed by atoms with van der Waals surface area (Å²) in [6, 6.07) is 7.42. The number of nitrogens with zero attached hydrogens (tertiary/aromatic N) is 1. The molecule has 2 atom stereocenters. The third-order valence-corrected chi connectivity index (χ3v) is 7.01. The maximum absolute atomic E-state index is 13.4. The molecular weight excluding hydrogens is 429 g/mol. The number of ether oxygens (including phenoxy) is 1. The van der Waals surface area contributed by atoms with Gasteiger partial charge in [-0.3, -0.25) is 14.4 Å². The van der Waals surface area contributed by atoms with Crippen molar-refractivity contribution in [2.75, 3.05) is 16.2 Å². The molecule has 2 unspecified atom stereocenters. The van der Waals surface area contributed by atoms with E-state index in [-0.39, 0.29) is 40.3 Å². The highest BCUT2D eigenvalue weighted by Gasteiger charge is 2.42. The molecule has 0 spiro atoms. The summed E-state index contributed by atoms with van der Waals surface area (Å²) in [5, 5.41) is 11.1. The first-order valence-electron chi connectivity index (χ1n) is 9.55. The van der Waals surface area contributed by atoms with Crippen molar-refractivity contribution in [1.29, 1.82) is 0 Å². The van der Waals surface area contributed by atoms with Gasteiger partial charge in [0.1, 0.15) is 23.7 Å². The Morgan fingerprint density at radius 2 is 1.87 bits per heavy atom. The molecule has 0 bridgehead atoms. The van der Waals surface area contributed by atoms with E-state index in [1.54, 1.807) is 0 Å². The summed E-state index contributed by atoms with van der Waals surface area (Å²) < 4.78 is 46.9. The summed E-state index contributed by atoms with van der Waals surface area (Å²) in [6.07, 6.45) is -0.761. The molecule has 11 heteroatoms. The lowest BCUT2D eigenvalue weighted by molar-refractivity contribution is -0.123. The van der Waals surface area contributed by atoms with Crippen LogP contribution in [0.2, 0.25) is 0 Å². The second-order valence-corrected chi connectivity index (χ2v) is 9.32. The number of halogens is 1. The minimum absolute atomic E-state index is 0.0814. The van der Waals surface area contributed by atoms with Gasteiger partial charge in [0, 0.05) is 11.6 Å². The van der Waals surface area contributed by atoms with Crippen LogP contribution in [0.25, 0.3) is 0 Å². The number of amides is 1. The second kappa shape index (κ2) is 7.82. The number of benzene rings is 2. The normalized spacial score (nSPS) is 19.2. The van der Waals surface area contributed by atoms with E-state index in [1.165, 1.54) is 18.2 Å². The van der Waals surface area contributed by atoms with E-state index in [0.717, 1.165) is 41.4 Å². The summed E-state index contributed by atoms with van der Waals surface area (Å²) in [7, 11) is -4.19. The molecule has 1 fully saturated rings. The van der Waals surface area contributed by atoms with Gasteiger partial charge in [-0.05, 0) is 55.3 Å². The molecule has 0 aromatic heterocycles. The van der Waals surface area contributed by atoms with E-state index in [4.69, 9.17) is 15.6 Å². The summed E-state index contributed by atoms with van der Waals surface area (Å²) in [4.78, 5) is 23.3. The zero-order chi connectivity index (χ0) is 22.3. The number of fused-ring (bicyclic) bond motifs is 1. The minimum atomic E-state index is -4.19. The van der Waals surface area contributed by atoms with Gasteiger partial charge in [0.15, 0.2) is 5.78 Å². The number of carboxylic acid groups (broad SMARTS) is 1. The molecule has 1 saturated carbocycles. The smallest absolute Gasteiger partial charge is 0.409 e. The molecule has 1 amide bonds. The van der Waals surface area contributed by atoms with Crippen molar-refractivity contribution in [2.45, 2.75) is 29.9 Å². The highest BCUT2D eigenvalue weighted by atomic mass is 32.2. The Hall–Kier alpha value is -3.18. The molecule has 2 aliphatic rings. The van der Waals surface area contributed by atoms with Crippen LogP contribution in [0.1, 0.15) is 12.8 Å². The quantitative estimate of drug-likeness (QED) is 0.614. The number of rotatable bonds is 6. The van der Waals surface area contributed by atoms with Crippen molar-refractivity contribution in [3.05, 3.63) is 48.3 Å². The molecule has 4 rings (SSSR count). The zero-order valence-electron chi connectivity index (χ0n) is 16.2. The van der Waals surface area contributed by atoms with Crippen LogP contribution in [0, 0.1) is 11.7 Å². The Kier molecular flexibility index (Phi) is 5.31. The first-order valence-corrected chi connectivity index (χ1v) is 11.0. The average molecular weight is 449 g/mol. The maximum atomic E-state index is 13.4. The van der Waals surface area contributed by atoms with Crippen LogP contribution < -0.4 is 20.1 Å². The summed E-state index contributed by atoms with van der Waals surface area (Å²) >= 11 is 0. The minimum Gasteiger partial charge on any atom is -0.484 e. The third-order valence-electron chi connectivity index (χ3n) is 5.21.